The van der Waals surface area contributed by atoms with E-state index in [0.717, 1.165) is 30.4 Å². The average molecular weight is 409 g/mol. The van der Waals surface area contributed by atoms with E-state index in [-0.39, 0.29) is 30.5 Å². The summed E-state index contributed by atoms with van der Waals surface area (Å²) in [5.74, 6) is -0.412. The Morgan fingerprint density at radius 2 is 1.74 bits per heavy atom. The standard InChI is InChI=1S/C20H24N2O3S.ClH/c21-18-7-4-15(5-8-18)10-12-22-20(23)11-13-26(24,25)19-9-6-16-2-1-3-17(16)14-19;/h4-9,14H,1-3,10-13,21H2,(H,22,23);1H. The number of carbonyl (C=O) groups excluding carboxylic acids is 1. The fourth-order valence-electron chi connectivity index (χ4n) is 3.21. The van der Waals surface area contributed by atoms with Gasteiger partial charge >= 0.3 is 0 Å². The maximum Gasteiger partial charge on any atom is 0.221 e. The summed E-state index contributed by atoms with van der Waals surface area (Å²) in [6.07, 6.45) is 3.69. The molecule has 7 heteroatoms. The maximum absolute atomic E-state index is 12.5. The monoisotopic (exact) mass is 408 g/mol. The summed E-state index contributed by atoms with van der Waals surface area (Å²) >= 11 is 0. The van der Waals surface area contributed by atoms with Crippen molar-refractivity contribution in [1.29, 1.82) is 0 Å². The van der Waals surface area contributed by atoms with Gasteiger partial charge < -0.3 is 11.1 Å². The molecule has 27 heavy (non-hydrogen) atoms. The molecular weight excluding hydrogens is 384 g/mol. The van der Waals surface area contributed by atoms with Gasteiger partial charge in [-0.25, -0.2) is 8.42 Å². The predicted molar refractivity (Wildman–Crippen MR) is 110 cm³/mol. The normalized spacial score (nSPS) is 12.9. The number of rotatable bonds is 7. The first-order chi connectivity index (χ1) is 12.4. The number of halogens is 1. The van der Waals surface area contributed by atoms with Crippen LogP contribution in [0.2, 0.25) is 0 Å². The zero-order valence-corrected chi connectivity index (χ0v) is 16.7. The minimum atomic E-state index is -3.43. The van der Waals surface area contributed by atoms with Crippen LogP contribution in [0.25, 0.3) is 0 Å². The van der Waals surface area contributed by atoms with Gasteiger partial charge in [-0.3, -0.25) is 4.79 Å². The van der Waals surface area contributed by atoms with Crippen molar-refractivity contribution < 1.29 is 13.2 Å². The first-order valence-corrected chi connectivity index (χ1v) is 10.5. The first-order valence-electron chi connectivity index (χ1n) is 8.90. The van der Waals surface area contributed by atoms with E-state index in [9.17, 15) is 13.2 Å². The zero-order chi connectivity index (χ0) is 18.6. The molecule has 0 unspecified atom stereocenters. The van der Waals surface area contributed by atoms with Crippen LogP contribution in [0.1, 0.15) is 29.5 Å². The smallest absolute Gasteiger partial charge is 0.221 e. The van der Waals surface area contributed by atoms with Crippen LogP contribution >= 0.6 is 12.4 Å². The summed E-state index contributed by atoms with van der Waals surface area (Å²) in [6.45, 7) is 0.474. The summed E-state index contributed by atoms with van der Waals surface area (Å²) in [5.41, 5.74) is 9.78. The molecular formula is C20H25ClN2O3S. The summed E-state index contributed by atoms with van der Waals surface area (Å²) < 4.78 is 24.9. The van der Waals surface area contributed by atoms with E-state index in [0.29, 0.717) is 23.5 Å². The molecule has 3 N–H and O–H groups in total. The molecule has 0 saturated heterocycles. The molecule has 0 aromatic heterocycles. The van der Waals surface area contributed by atoms with Crippen LogP contribution in [-0.2, 0) is 33.9 Å². The number of benzene rings is 2. The Morgan fingerprint density at radius 1 is 1.04 bits per heavy atom. The van der Waals surface area contributed by atoms with Crippen molar-refractivity contribution in [3.8, 4) is 0 Å². The third-order valence-corrected chi connectivity index (χ3v) is 6.46. The van der Waals surface area contributed by atoms with Crippen LogP contribution in [-0.4, -0.2) is 26.6 Å². The van der Waals surface area contributed by atoms with Gasteiger partial charge in [0.05, 0.1) is 10.6 Å². The minimum Gasteiger partial charge on any atom is -0.399 e. The van der Waals surface area contributed by atoms with Crippen LogP contribution in [0.4, 0.5) is 5.69 Å². The molecule has 3 rings (SSSR count). The number of nitrogens with one attached hydrogen (secondary N) is 1. The highest BCUT2D eigenvalue weighted by Gasteiger charge is 2.19. The van der Waals surface area contributed by atoms with Gasteiger partial charge in [0.1, 0.15) is 0 Å². The largest absolute Gasteiger partial charge is 0.399 e. The summed E-state index contributed by atoms with van der Waals surface area (Å²) in [5, 5.41) is 2.78. The van der Waals surface area contributed by atoms with Crippen molar-refractivity contribution in [1.82, 2.24) is 5.32 Å². The molecule has 0 fully saturated rings. The number of nitrogens with two attached hydrogens (primary N) is 1. The molecule has 1 aliphatic carbocycles. The van der Waals surface area contributed by atoms with Crippen molar-refractivity contribution >= 4 is 33.8 Å². The topological polar surface area (TPSA) is 89.3 Å². The highest BCUT2D eigenvalue weighted by Crippen LogP contribution is 2.25. The number of fused-ring (bicyclic) bond motifs is 1. The molecule has 1 aliphatic rings. The van der Waals surface area contributed by atoms with Crippen LogP contribution in [0.3, 0.4) is 0 Å². The van der Waals surface area contributed by atoms with Gasteiger partial charge in [0.25, 0.3) is 0 Å². The quantitative estimate of drug-likeness (QED) is 0.689. The number of aryl methyl sites for hydroxylation is 2. The van der Waals surface area contributed by atoms with Gasteiger partial charge in [0.15, 0.2) is 9.84 Å². The van der Waals surface area contributed by atoms with Crippen molar-refractivity contribution in [2.24, 2.45) is 0 Å². The summed E-state index contributed by atoms with van der Waals surface area (Å²) in [6, 6.07) is 12.8. The predicted octanol–water partition coefficient (Wildman–Crippen LogP) is 2.70. The second-order valence-corrected chi connectivity index (χ2v) is 8.80. The van der Waals surface area contributed by atoms with Gasteiger partial charge in [0.2, 0.25) is 5.91 Å². The van der Waals surface area contributed by atoms with Crippen LogP contribution in [0, 0.1) is 0 Å². The Hall–Kier alpha value is -2.05. The minimum absolute atomic E-state index is 0. The molecule has 5 nitrogen and oxygen atoms in total. The molecule has 0 aliphatic heterocycles. The number of sulfone groups is 1. The third-order valence-electron chi connectivity index (χ3n) is 4.74. The molecule has 0 radical (unpaired) electrons. The summed E-state index contributed by atoms with van der Waals surface area (Å²) in [7, 11) is -3.43. The highest BCUT2D eigenvalue weighted by atomic mass is 35.5. The van der Waals surface area contributed by atoms with E-state index in [1.54, 1.807) is 12.1 Å². The lowest BCUT2D eigenvalue weighted by atomic mass is 10.1. The molecule has 0 heterocycles. The van der Waals surface area contributed by atoms with Gasteiger partial charge in [-0.05, 0) is 66.6 Å². The van der Waals surface area contributed by atoms with Crippen LogP contribution in [0.5, 0.6) is 0 Å². The maximum atomic E-state index is 12.5. The Labute approximate surface area is 166 Å². The van der Waals surface area contributed by atoms with E-state index < -0.39 is 9.84 Å². The molecule has 0 spiro atoms. The van der Waals surface area contributed by atoms with E-state index >= 15 is 0 Å². The van der Waals surface area contributed by atoms with Crippen LogP contribution in [0.15, 0.2) is 47.4 Å². The molecule has 0 bridgehead atoms. The van der Waals surface area contributed by atoms with Gasteiger partial charge in [-0.1, -0.05) is 18.2 Å². The lowest BCUT2D eigenvalue weighted by Gasteiger charge is -2.08. The number of amides is 1. The van der Waals surface area contributed by atoms with Crippen molar-refractivity contribution in [2.45, 2.75) is 37.0 Å². The Bertz CT molecular complexity index is 896. The van der Waals surface area contributed by atoms with E-state index in [1.165, 1.54) is 5.56 Å². The molecule has 0 atom stereocenters. The van der Waals surface area contributed by atoms with Gasteiger partial charge in [-0.15, -0.1) is 12.4 Å². The number of carbonyl (C=O) groups is 1. The molecule has 0 saturated carbocycles. The fourth-order valence-corrected chi connectivity index (χ4v) is 4.49. The summed E-state index contributed by atoms with van der Waals surface area (Å²) in [4.78, 5) is 12.3. The van der Waals surface area contributed by atoms with E-state index in [2.05, 4.69) is 5.32 Å². The lowest BCUT2D eigenvalue weighted by Crippen LogP contribution is -2.27. The van der Waals surface area contributed by atoms with Crippen molar-refractivity contribution in [2.75, 3.05) is 18.0 Å². The molecule has 146 valence electrons. The Kier molecular flexibility index (Phi) is 7.27. The second-order valence-electron chi connectivity index (χ2n) is 6.69. The van der Waals surface area contributed by atoms with Crippen molar-refractivity contribution in [3.05, 3.63) is 59.2 Å². The van der Waals surface area contributed by atoms with Crippen molar-refractivity contribution in [3.63, 3.8) is 0 Å². The number of nitrogen functional groups attached to an aromatic ring is 1. The Morgan fingerprint density at radius 3 is 2.48 bits per heavy atom. The van der Waals surface area contributed by atoms with Crippen LogP contribution < -0.4 is 11.1 Å². The molecule has 2 aromatic carbocycles. The highest BCUT2D eigenvalue weighted by molar-refractivity contribution is 7.91. The Balaban J connectivity index is 0.00000261. The molecule has 1 amide bonds. The molecule has 2 aromatic rings. The number of anilines is 1. The number of hydrogen-bond acceptors (Lipinski definition) is 4. The van der Waals surface area contributed by atoms with Gasteiger partial charge in [-0.2, -0.15) is 0 Å². The third kappa shape index (κ3) is 5.71. The second kappa shape index (κ2) is 9.24. The fraction of sp³-hybridized carbons (Fsp3) is 0.350. The lowest BCUT2D eigenvalue weighted by molar-refractivity contribution is -0.120. The SMILES string of the molecule is Cl.Nc1ccc(CCNC(=O)CCS(=O)(=O)c2ccc3c(c2)CCC3)cc1. The van der Waals surface area contributed by atoms with E-state index in [1.807, 2.05) is 30.3 Å². The average Bonchev–Trinajstić information content (AvgIpc) is 3.09. The first kappa shape index (κ1) is 21.3. The number of hydrogen-bond donors (Lipinski definition) is 2. The van der Waals surface area contributed by atoms with Gasteiger partial charge in [0, 0.05) is 18.7 Å². The van der Waals surface area contributed by atoms with E-state index in [4.69, 9.17) is 5.73 Å². The zero-order valence-electron chi connectivity index (χ0n) is 15.1.